The van der Waals surface area contributed by atoms with Gasteiger partial charge in [0.1, 0.15) is 0 Å². The van der Waals surface area contributed by atoms with Gasteiger partial charge < -0.3 is 15.3 Å². The molecule has 2 unspecified atom stereocenters. The van der Waals surface area contributed by atoms with Gasteiger partial charge in [-0.1, -0.05) is 34.1 Å². The number of carboxylic acid groups (broad SMARTS) is 1. The van der Waals surface area contributed by atoms with E-state index in [1.807, 2.05) is 4.90 Å². The molecule has 2 N–H and O–H groups in total. The second kappa shape index (κ2) is 7.66. The summed E-state index contributed by atoms with van der Waals surface area (Å²) >= 11 is 0. The van der Waals surface area contributed by atoms with E-state index in [9.17, 15) is 9.59 Å². The lowest BCUT2D eigenvalue weighted by Crippen LogP contribution is -2.49. The number of likely N-dealkylation sites (tertiary alicyclic amines) is 1. The molecule has 0 saturated carbocycles. The Hall–Kier alpha value is -1.26. The van der Waals surface area contributed by atoms with Crippen LogP contribution in [0.1, 0.15) is 59.8 Å². The van der Waals surface area contributed by atoms with Crippen molar-refractivity contribution >= 4 is 12.0 Å². The van der Waals surface area contributed by atoms with Gasteiger partial charge in [-0.2, -0.15) is 0 Å². The zero-order chi connectivity index (χ0) is 16.0. The number of carbonyl (C=O) groups is 2. The summed E-state index contributed by atoms with van der Waals surface area (Å²) in [7, 11) is 0. The first-order valence-electron chi connectivity index (χ1n) is 7.98. The van der Waals surface area contributed by atoms with Crippen LogP contribution in [0.3, 0.4) is 0 Å². The summed E-state index contributed by atoms with van der Waals surface area (Å²) in [5.41, 5.74) is -0.0127. The Labute approximate surface area is 128 Å². The predicted molar refractivity (Wildman–Crippen MR) is 83.2 cm³/mol. The van der Waals surface area contributed by atoms with Crippen molar-refractivity contribution < 1.29 is 14.7 Å². The third-order valence-electron chi connectivity index (χ3n) is 3.99. The van der Waals surface area contributed by atoms with Crippen molar-refractivity contribution in [2.45, 2.75) is 65.8 Å². The van der Waals surface area contributed by atoms with Gasteiger partial charge in [-0.05, 0) is 30.6 Å². The first-order valence-corrected chi connectivity index (χ1v) is 7.98. The van der Waals surface area contributed by atoms with Gasteiger partial charge in [0.05, 0.1) is 6.42 Å². The van der Waals surface area contributed by atoms with Gasteiger partial charge in [0.15, 0.2) is 0 Å². The molecule has 0 aromatic carbocycles. The number of urea groups is 1. The van der Waals surface area contributed by atoms with Crippen molar-refractivity contribution in [1.82, 2.24) is 10.2 Å². The van der Waals surface area contributed by atoms with Gasteiger partial charge in [-0.15, -0.1) is 0 Å². The number of carbonyl (C=O) groups excluding carboxylic acids is 1. The summed E-state index contributed by atoms with van der Waals surface area (Å²) in [5.74, 6) is -0.292. The van der Waals surface area contributed by atoms with Crippen molar-refractivity contribution in [1.29, 1.82) is 0 Å². The Kier molecular flexibility index (Phi) is 6.49. The molecule has 0 aliphatic carbocycles. The minimum Gasteiger partial charge on any atom is -0.481 e. The Bertz CT molecular complexity index is 363. The molecule has 1 fully saturated rings. The molecular weight excluding hydrogens is 268 g/mol. The van der Waals surface area contributed by atoms with Crippen molar-refractivity contribution in [3.8, 4) is 0 Å². The topological polar surface area (TPSA) is 69.6 Å². The molecule has 1 rings (SSSR count). The van der Waals surface area contributed by atoms with Gasteiger partial charge in [-0.3, -0.25) is 4.79 Å². The number of aliphatic carboxylic acids is 1. The van der Waals surface area contributed by atoms with Crippen LogP contribution in [-0.4, -0.2) is 41.1 Å². The maximum Gasteiger partial charge on any atom is 0.317 e. The second-order valence-electron chi connectivity index (χ2n) is 7.37. The van der Waals surface area contributed by atoms with E-state index in [0.717, 1.165) is 25.9 Å². The maximum absolute atomic E-state index is 12.4. The van der Waals surface area contributed by atoms with Crippen LogP contribution in [0.4, 0.5) is 4.79 Å². The summed E-state index contributed by atoms with van der Waals surface area (Å²) in [4.78, 5) is 25.2. The van der Waals surface area contributed by atoms with Crippen LogP contribution in [0, 0.1) is 11.3 Å². The molecule has 0 aromatic rings. The van der Waals surface area contributed by atoms with Gasteiger partial charge in [-0.25, -0.2) is 4.79 Å². The van der Waals surface area contributed by atoms with Gasteiger partial charge in [0.2, 0.25) is 0 Å². The molecule has 5 heteroatoms. The van der Waals surface area contributed by atoms with Crippen LogP contribution in [-0.2, 0) is 4.79 Å². The molecule has 2 amide bonds. The van der Waals surface area contributed by atoms with Crippen LogP contribution in [0.2, 0.25) is 0 Å². The van der Waals surface area contributed by atoms with Crippen molar-refractivity contribution in [3.63, 3.8) is 0 Å². The average Bonchev–Trinajstić information content (AvgIpc) is 2.35. The molecule has 122 valence electrons. The van der Waals surface area contributed by atoms with Crippen LogP contribution in [0.15, 0.2) is 0 Å². The number of rotatable bonds is 5. The van der Waals surface area contributed by atoms with Gasteiger partial charge in [0, 0.05) is 19.1 Å². The summed E-state index contributed by atoms with van der Waals surface area (Å²) < 4.78 is 0. The summed E-state index contributed by atoms with van der Waals surface area (Å²) in [6.07, 6.45) is 3.95. The lowest BCUT2D eigenvalue weighted by molar-refractivity contribution is -0.137. The van der Waals surface area contributed by atoms with Crippen molar-refractivity contribution in [3.05, 3.63) is 0 Å². The molecule has 21 heavy (non-hydrogen) atoms. The summed E-state index contributed by atoms with van der Waals surface area (Å²) in [6.45, 7) is 9.89. The SMILES string of the molecule is CCC1CCCN(C(=O)NC(CC(=O)O)CC(C)(C)C)C1. The van der Waals surface area contributed by atoms with Gasteiger partial charge >= 0.3 is 12.0 Å². The molecule has 0 bridgehead atoms. The van der Waals surface area contributed by atoms with Crippen LogP contribution >= 0.6 is 0 Å². The number of nitrogens with one attached hydrogen (secondary N) is 1. The lowest BCUT2D eigenvalue weighted by atomic mass is 9.87. The molecule has 5 nitrogen and oxygen atoms in total. The first kappa shape index (κ1) is 17.8. The van der Waals surface area contributed by atoms with E-state index in [-0.39, 0.29) is 23.9 Å². The van der Waals surface area contributed by atoms with Crippen molar-refractivity contribution in [2.75, 3.05) is 13.1 Å². The quantitative estimate of drug-likeness (QED) is 0.819. The fraction of sp³-hybridized carbons (Fsp3) is 0.875. The normalized spacial score (nSPS) is 21.0. The van der Waals surface area contributed by atoms with E-state index in [1.54, 1.807) is 0 Å². The first-order chi connectivity index (χ1) is 9.71. The van der Waals surface area contributed by atoms with Crippen LogP contribution < -0.4 is 5.32 Å². The van der Waals surface area contributed by atoms with Gasteiger partial charge in [0.25, 0.3) is 0 Å². The second-order valence-corrected chi connectivity index (χ2v) is 7.37. The highest BCUT2D eigenvalue weighted by molar-refractivity contribution is 5.76. The molecule has 0 radical (unpaired) electrons. The smallest absolute Gasteiger partial charge is 0.317 e. The van der Waals surface area contributed by atoms with E-state index in [0.29, 0.717) is 12.3 Å². The highest BCUT2D eigenvalue weighted by Gasteiger charge is 2.27. The largest absolute Gasteiger partial charge is 0.481 e. The number of carboxylic acids is 1. The predicted octanol–water partition coefficient (Wildman–Crippen LogP) is 3.10. The van der Waals surface area contributed by atoms with Crippen LogP contribution in [0.25, 0.3) is 0 Å². The molecule has 1 heterocycles. The van der Waals surface area contributed by atoms with E-state index in [2.05, 4.69) is 33.0 Å². The number of amides is 2. The fourth-order valence-electron chi connectivity index (χ4n) is 2.97. The minimum atomic E-state index is -0.866. The monoisotopic (exact) mass is 298 g/mol. The number of nitrogens with zero attached hydrogens (tertiary/aromatic N) is 1. The zero-order valence-electron chi connectivity index (χ0n) is 13.8. The number of hydrogen-bond donors (Lipinski definition) is 2. The molecule has 1 aliphatic heterocycles. The Morgan fingerprint density at radius 3 is 2.57 bits per heavy atom. The molecule has 2 atom stereocenters. The number of hydrogen-bond acceptors (Lipinski definition) is 2. The highest BCUT2D eigenvalue weighted by atomic mass is 16.4. The minimum absolute atomic E-state index is 0.0127. The molecule has 1 aliphatic rings. The fourth-order valence-corrected chi connectivity index (χ4v) is 2.97. The Morgan fingerprint density at radius 1 is 1.38 bits per heavy atom. The Morgan fingerprint density at radius 2 is 2.05 bits per heavy atom. The number of piperidine rings is 1. The van der Waals surface area contributed by atoms with Crippen LogP contribution in [0.5, 0.6) is 0 Å². The lowest BCUT2D eigenvalue weighted by Gasteiger charge is -2.34. The van der Waals surface area contributed by atoms with E-state index >= 15 is 0 Å². The molecule has 0 aromatic heterocycles. The molecule has 1 saturated heterocycles. The van der Waals surface area contributed by atoms with Crippen molar-refractivity contribution in [2.24, 2.45) is 11.3 Å². The van der Waals surface area contributed by atoms with E-state index in [4.69, 9.17) is 5.11 Å². The van der Waals surface area contributed by atoms with E-state index < -0.39 is 5.97 Å². The Balaban J connectivity index is 2.60. The van der Waals surface area contributed by atoms with E-state index in [1.165, 1.54) is 6.42 Å². The highest BCUT2D eigenvalue weighted by Crippen LogP contribution is 2.23. The zero-order valence-corrected chi connectivity index (χ0v) is 13.8. The maximum atomic E-state index is 12.4. The average molecular weight is 298 g/mol. The third-order valence-corrected chi connectivity index (χ3v) is 3.99. The molecule has 0 spiro atoms. The summed E-state index contributed by atoms with van der Waals surface area (Å²) in [6, 6.07) is -0.416. The standard InChI is InChI=1S/C16H30N2O3/c1-5-12-7-6-8-18(11-12)15(21)17-13(9-14(19)20)10-16(2,3)4/h12-13H,5-11H2,1-4H3,(H,17,21)(H,19,20). The molecular formula is C16H30N2O3. The third kappa shape index (κ3) is 6.82. The summed E-state index contributed by atoms with van der Waals surface area (Å²) in [5, 5.41) is 11.9.